The van der Waals surface area contributed by atoms with Gasteiger partial charge in [-0.2, -0.15) is 9.61 Å². The Kier molecular flexibility index (Phi) is 4.16. The highest BCUT2D eigenvalue weighted by molar-refractivity contribution is 6.34. The Morgan fingerprint density at radius 3 is 2.74 bits per heavy atom. The van der Waals surface area contributed by atoms with Crippen molar-refractivity contribution in [2.45, 2.75) is 51.5 Å². The number of hydrogen-bond acceptors (Lipinski definition) is 4. The standard InChI is InChI=1S/C17H24ClN5/c1-12-11-20-16-14(18)15(13-7-3-4-8-19-13)21-23(16)17(12)22-9-5-2-6-10-22/h11,13,19H,2-10H2,1H3. The largest absolute Gasteiger partial charge is 0.356 e. The van der Waals surface area contributed by atoms with Crippen molar-refractivity contribution < 1.29 is 0 Å². The molecule has 2 aromatic heterocycles. The number of halogens is 1. The third kappa shape index (κ3) is 2.70. The summed E-state index contributed by atoms with van der Waals surface area (Å²) in [6.45, 7) is 5.34. The van der Waals surface area contributed by atoms with Crippen LogP contribution < -0.4 is 10.2 Å². The van der Waals surface area contributed by atoms with E-state index in [-0.39, 0.29) is 6.04 Å². The van der Waals surface area contributed by atoms with Crippen molar-refractivity contribution in [2.75, 3.05) is 24.5 Å². The van der Waals surface area contributed by atoms with Crippen LogP contribution in [0.3, 0.4) is 0 Å². The van der Waals surface area contributed by atoms with Crippen LogP contribution in [0.25, 0.3) is 5.65 Å². The summed E-state index contributed by atoms with van der Waals surface area (Å²) in [5.74, 6) is 1.17. The lowest BCUT2D eigenvalue weighted by molar-refractivity contribution is 0.404. The monoisotopic (exact) mass is 333 g/mol. The van der Waals surface area contributed by atoms with Gasteiger partial charge in [0.1, 0.15) is 16.5 Å². The SMILES string of the molecule is Cc1cnc2c(Cl)c(C3CCCCN3)nn2c1N1CCCCC1. The molecule has 5 nitrogen and oxygen atoms in total. The highest BCUT2D eigenvalue weighted by Crippen LogP contribution is 2.33. The number of aryl methyl sites for hydroxylation is 1. The number of rotatable bonds is 2. The zero-order valence-electron chi connectivity index (χ0n) is 13.7. The third-order valence-corrected chi connectivity index (χ3v) is 5.42. The van der Waals surface area contributed by atoms with Gasteiger partial charge in [-0.25, -0.2) is 4.98 Å². The van der Waals surface area contributed by atoms with E-state index in [0.29, 0.717) is 5.02 Å². The van der Waals surface area contributed by atoms with Gasteiger partial charge in [0.15, 0.2) is 5.65 Å². The van der Waals surface area contributed by atoms with Gasteiger partial charge in [-0.1, -0.05) is 18.0 Å². The number of aromatic nitrogens is 3. The van der Waals surface area contributed by atoms with Gasteiger partial charge in [-0.05, 0) is 45.6 Å². The van der Waals surface area contributed by atoms with E-state index in [4.69, 9.17) is 16.7 Å². The van der Waals surface area contributed by atoms with E-state index in [9.17, 15) is 0 Å². The van der Waals surface area contributed by atoms with Gasteiger partial charge >= 0.3 is 0 Å². The molecule has 2 fully saturated rings. The van der Waals surface area contributed by atoms with E-state index in [1.54, 1.807) is 0 Å². The Morgan fingerprint density at radius 2 is 2.00 bits per heavy atom. The predicted octanol–water partition coefficient (Wildman–Crippen LogP) is 3.50. The molecule has 124 valence electrons. The summed E-state index contributed by atoms with van der Waals surface area (Å²) in [5, 5.41) is 9.15. The molecule has 1 N–H and O–H groups in total. The molecule has 0 bridgehead atoms. The van der Waals surface area contributed by atoms with Gasteiger partial charge in [-0.15, -0.1) is 0 Å². The van der Waals surface area contributed by atoms with Gasteiger partial charge in [0.2, 0.25) is 0 Å². The molecule has 0 aliphatic carbocycles. The Labute approximate surface area is 142 Å². The molecule has 4 rings (SSSR count). The Balaban J connectivity index is 1.81. The molecular weight excluding hydrogens is 310 g/mol. The maximum atomic E-state index is 6.65. The molecular formula is C17H24ClN5. The lowest BCUT2D eigenvalue weighted by atomic mass is 10.0. The lowest BCUT2D eigenvalue weighted by Gasteiger charge is -2.30. The van der Waals surface area contributed by atoms with Gasteiger partial charge < -0.3 is 10.2 Å². The lowest BCUT2D eigenvalue weighted by Crippen LogP contribution is -2.32. The van der Waals surface area contributed by atoms with Crippen molar-refractivity contribution in [3.05, 3.63) is 22.5 Å². The Bertz CT molecular complexity index is 699. The normalized spacial score (nSPS) is 22.7. The van der Waals surface area contributed by atoms with Crippen LogP contribution in [0, 0.1) is 6.92 Å². The van der Waals surface area contributed by atoms with Crippen LogP contribution in [0.2, 0.25) is 5.02 Å². The minimum absolute atomic E-state index is 0.257. The maximum absolute atomic E-state index is 6.65. The molecule has 2 aliphatic rings. The van der Waals surface area contributed by atoms with E-state index in [0.717, 1.165) is 37.4 Å². The number of anilines is 1. The summed E-state index contributed by atoms with van der Waals surface area (Å²) in [6, 6.07) is 0.257. The van der Waals surface area contributed by atoms with E-state index in [2.05, 4.69) is 22.1 Å². The van der Waals surface area contributed by atoms with Crippen LogP contribution in [0.5, 0.6) is 0 Å². The third-order valence-electron chi connectivity index (χ3n) is 5.06. The zero-order valence-corrected chi connectivity index (χ0v) is 14.4. The summed E-state index contributed by atoms with van der Waals surface area (Å²) >= 11 is 6.65. The number of fused-ring (bicyclic) bond motifs is 1. The second kappa shape index (κ2) is 6.29. The van der Waals surface area contributed by atoms with E-state index in [1.165, 1.54) is 43.5 Å². The first-order valence-electron chi connectivity index (χ1n) is 8.78. The molecule has 0 amide bonds. The smallest absolute Gasteiger partial charge is 0.176 e. The quantitative estimate of drug-likeness (QED) is 0.913. The molecule has 2 saturated heterocycles. The summed E-state index contributed by atoms with van der Waals surface area (Å²) in [7, 11) is 0. The van der Waals surface area contributed by atoms with Crippen molar-refractivity contribution in [3.63, 3.8) is 0 Å². The number of nitrogens with one attached hydrogen (secondary N) is 1. The highest BCUT2D eigenvalue weighted by Gasteiger charge is 2.26. The van der Waals surface area contributed by atoms with Crippen LogP contribution in [0.1, 0.15) is 55.8 Å². The van der Waals surface area contributed by atoms with Crippen molar-refractivity contribution in [1.29, 1.82) is 0 Å². The van der Waals surface area contributed by atoms with E-state index in [1.807, 2.05) is 10.7 Å². The molecule has 2 aliphatic heterocycles. The topological polar surface area (TPSA) is 45.5 Å². The number of hydrogen-bond donors (Lipinski definition) is 1. The van der Waals surface area contributed by atoms with Crippen LogP contribution in [0.15, 0.2) is 6.20 Å². The fourth-order valence-corrected chi connectivity index (χ4v) is 4.14. The summed E-state index contributed by atoms with van der Waals surface area (Å²) in [5.41, 5.74) is 2.92. The van der Waals surface area contributed by atoms with Crippen molar-refractivity contribution in [2.24, 2.45) is 0 Å². The zero-order chi connectivity index (χ0) is 15.8. The summed E-state index contributed by atoms with van der Waals surface area (Å²) in [6.07, 6.45) is 9.31. The van der Waals surface area contributed by atoms with Crippen molar-refractivity contribution >= 4 is 23.1 Å². The summed E-state index contributed by atoms with van der Waals surface area (Å²) in [4.78, 5) is 7.00. The fourth-order valence-electron chi connectivity index (χ4n) is 3.85. The van der Waals surface area contributed by atoms with Gasteiger partial charge in [0.05, 0.1) is 6.04 Å². The van der Waals surface area contributed by atoms with Crippen LogP contribution >= 0.6 is 11.6 Å². The molecule has 0 saturated carbocycles. The van der Waals surface area contributed by atoms with Gasteiger partial charge in [-0.3, -0.25) is 0 Å². The maximum Gasteiger partial charge on any atom is 0.176 e. The fraction of sp³-hybridized carbons (Fsp3) is 0.647. The molecule has 4 heterocycles. The molecule has 0 spiro atoms. The first kappa shape index (κ1) is 15.2. The number of piperidine rings is 2. The van der Waals surface area contributed by atoms with E-state index < -0.39 is 0 Å². The molecule has 1 unspecified atom stereocenters. The predicted molar refractivity (Wildman–Crippen MR) is 93.4 cm³/mol. The highest BCUT2D eigenvalue weighted by atomic mass is 35.5. The van der Waals surface area contributed by atoms with Gasteiger partial charge in [0.25, 0.3) is 0 Å². The summed E-state index contributed by atoms with van der Waals surface area (Å²) < 4.78 is 1.98. The molecule has 23 heavy (non-hydrogen) atoms. The van der Waals surface area contributed by atoms with Gasteiger partial charge in [0, 0.05) is 24.8 Å². The number of nitrogens with zero attached hydrogens (tertiary/aromatic N) is 4. The van der Waals surface area contributed by atoms with E-state index >= 15 is 0 Å². The molecule has 0 radical (unpaired) electrons. The molecule has 6 heteroatoms. The molecule has 0 aromatic carbocycles. The second-order valence-electron chi connectivity index (χ2n) is 6.75. The Hall–Kier alpha value is -1.33. The van der Waals surface area contributed by atoms with Crippen molar-refractivity contribution in [1.82, 2.24) is 19.9 Å². The van der Waals surface area contributed by atoms with Crippen molar-refractivity contribution in [3.8, 4) is 0 Å². The second-order valence-corrected chi connectivity index (χ2v) is 7.13. The average Bonchev–Trinajstić information content (AvgIpc) is 2.93. The minimum Gasteiger partial charge on any atom is -0.356 e. The molecule has 1 atom stereocenters. The van der Waals surface area contributed by atoms with Crippen LogP contribution in [0.4, 0.5) is 5.82 Å². The Morgan fingerprint density at radius 1 is 1.17 bits per heavy atom. The molecule has 2 aromatic rings. The first-order valence-corrected chi connectivity index (χ1v) is 9.15. The van der Waals surface area contributed by atoms with Crippen LogP contribution in [-0.4, -0.2) is 34.2 Å². The van der Waals surface area contributed by atoms with Crippen LogP contribution in [-0.2, 0) is 0 Å². The minimum atomic E-state index is 0.257. The first-order chi connectivity index (χ1) is 11.3. The average molecular weight is 334 g/mol.